The van der Waals surface area contributed by atoms with Crippen LogP contribution in [0.1, 0.15) is 5.69 Å². The normalized spacial score (nSPS) is 12.1. The maximum absolute atomic E-state index is 12.3. The lowest BCUT2D eigenvalue weighted by Gasteiger charge is -2.18. The van der Waals surface area contributed by atoms with Crippen LogP contribution >= 0.6 is 0 Å². The maximum Gasteiger partial charge on any atom is 0.406 e. The van der Waals surface area contributed by atoms with Crippen molar-refractivity contribution in [1.82, 2.24) is 9.47 Å². The maximum atomic E-state index is 12.3. The largest absolute Gasteiger partial charge is 0.503 e. The first-order chi connectivity index (χ1) is 7.70. The SMILES string of the molecule is CN(C)Cc1c(O)c(=O)ccn1CC(F)(F)F. The fourth-order valence-corrected chi connectivity index (χ4v) is 1.41. The standard InChI is InChI=1S/C10H13F3N2O2/c1-14(2)5-7-9(17)8(16)3-4-15(7)6-10(11,12)13/h3-4,17H,5-6H2,1-2H3. The number of halogens is 3. The predicted octanol–water partition coefficient (Wildman–Crippen LogP) is 1.18. The Morgan fingerprint density at radius 3 is 2.47 bits per heavy atom. The average Bonchev–Trinajstić information content (AvgIpc) is 2.15. The van der Waals surface area contributed by atoms with Crippen molar-refractivity contribution in [2.45, 2.75) is 19.3 Å². The summed E-state index contributed by atoms with van der Waals surface area (Å²) in [5.74, 6) is -0.634. The molecule has 0 atom stereocenters. The fraction of sp³-hybridized carbons (Fsp3) is 0.500. The van der Waals surface area contributed by atoms with E-state index in [1.54, 1.807) is 19.0 Å². The highest BCUT2D eigenvalue weighted by Gasteiger charge is 2.29. The van der Waals surface area contributed by atoms with E-state index in [-0.39, 0.29) is 12.2 Å². The third-order valence-electron chi connectivity index (χ3n) is 2.07. The van der Waals surface area contributed by atoms with Crippen molar-refractivity contribution in [2.24, 2.45) is 0 Å². The van der Waals surface area contributed by atoms with Crippen molar-refractivity contribution in [3.8, 4) is 5.75 Å². The summed E-state index contributed by atoms with van der Waals surface area (Å²) >= 11 is 0. The zero-order valence-corrected chi connectivity index (χ0v) is 9.45. The predicted molar refractivity (Wildman–Crippen MR) is 55.8 cm³/mol. The van der Waals surface area contributed by atoms with Crippen LogP contribution in [0.2, 0.25) is 0 Å². The van der Waals surface area contributed by atoms with Gasteiger partial charge in [0.05, 0.1) is 5.69 Å². The number of alkyl halides is 3. The van der Waals surface area contributed by atoms with E-state index in [2.05, 4.69) is 0 Å². The minimum Gasteiger partial charge on any atom is -0.503 e. The van der Waals surface area contributed by atoms with E-state index >= 15 is 0 Å². The molecule has 0 bridgehead atoms. The summed E-state index contributed by atoms with van der Waals surface area (Å²) in [7, 11) is 3.27. The van der Waals surface area contributed by atoms with Crippen LogP contribution in [0.25, 0.3) is 0 Å². The van der Waals surface area contributed by atoms with Crippen molar-refractivity contribution in [1.29, 1.82) is 0 Å². The smallest absolute Gasteiger partial charge is 0.406 e. The van der Waals surface area contributed by atoms with Crippen LogP contribution in [-0.2, 0) is 13.1 Å². The molecule has 4 nitrogen and oxygen atoms in total. The first kappa shape index (κ1) is 13.6. The molecule has 17 heavy (non-hydrogen) atoms. The molecule has 7 heteroatoms. The van der Waals surface area contributed by atoms with E-state index in [1.807, 2.05) is 0 Å². The second-order valence-corrected chi connectivity index (χ2v) is 3.96. The van der Waals surface area contributed by atoms with Crippen molar-refractivity contribution in [2.75, 3.05) is 14.1 Å². The van der Waals surface area contributed by atoms with Gasteiger partial charge in [-0.1, -0.05) is 0 Å². The van der Waals surface area contributed by atoms with Crippen LogP contribution < -0.4 is 5.43 Å². The van der Waals surface area contributed by atoms with Crippen molar-refractivity contribution >= 4 is 0 Å². The molecule has 0 saturated carbocycles. The van der Waals surface area contributed by atoms with Gasteiger partial charge in [-0.15, -0.1) is 0 Å². The molecule has 1 aromatic heterocycles. The van der Waals surface area contributed by atoms with E-state index < -0.39 is 23.9 Å². The minimum absolute atomic E-state index is 0.0418. The summed E-state index contributed by atoms with van der Waals surface area (Å²) in [4.78, 5) is 12.7. The summed E-state index contributed by atoms with van der Waals surface area (Å²) in [6, 6.07) is 0.917. The van der Waals surface area contributed by atoms with Gasteiger partial charge in [0.25, 0.3) is 0 Å². The van der Waals surface area contributed by atoms with E-state index in [0.29, 0.717) is 0 Å². The van der Waals surface area contributed by atoms with E-state index in [4.69, 9.17) is 0 Å². The van der Waals surface area contributed by atoms with E-state index in [9.17, 15) is 23.1 Å². The molecule has 0 radical (unpaired) electrons. The highest BCUT2D eigenvalue weighted by Crippen LogP contribution is 2.21. The minimum atomic E-state index is -4.40. The van der Waals surface area contributed by atoms with Crippen LogP contribution in [0.5, 0.6) is 5.75 Å². The molecule has 0 aliphatic heterocycles. The van der Waals surface area contributed by atoms with Gasteiger partial charge in [-0.05, 0) is 14.1 Å². The molecular formula is C10H13F3N2O2. The molecule has 0 spiro atoms. The number of hydrogen-bond acceptors (Lipinski definition) is 3. The number of rotatable bonds is 3. The van der Waals surface area contributed by atoms with Crippen molar-refractivity contribution in [3.05, 3.63) is 28.2 Å². The van der Waals surface area contributed by atoms with E-state index in [1.165, 1.54) is 0 Å². The van der Waals surface area contributed by atoms with Gasteiger partial charge in [-0.3, -0.25) is 4.79 Å². The molecule has 0 aliphatic rings. The highest BCUT2D eigenvalue weighted by molar-refractivity contribution is 5.26. The first-order valence-corrected chi connectivity index (χ1v) is 4.83. The highest BCUT2D eigenvalue weighted by atomic mass is 19.4. The number of aromatic hydroxyl groups is 1. The number of hydrogen-bond donors (Lipinski definition) is 1. The van der Waals surface area contributed by atoms with E-state index in [0.717, 1.165) is 16.8 Å². The summed E-state index contributed by atoms with van der Waals surface area (Å²) in [5, 5.41) is 9.50. The molecule has 0 aliphatic carbocycles. The lowest BCUT2D eigenvalue weighted by Crippen LogP contribution is -2.25. The first-order valence-electron chi connectivity index (χ1n) is 4.83. The zero-order chi connectivity index (χ0) is 13.2. The molecule has 1 rings (SSSR count). The third-order valence-corrected chi connectivity index (χ3v) is 2.07. The lowest BCUT2D eigenvalue weighted by molar-refractivity contribution is -0.141. The number of aromatic nitrogens is 1. The Morgan fingerprint density at radius 1 is 1.41 bits per heavy atom. The Labute approximate surface area is 95.9 Å². The van der Waals surface area contributed by atoms with Gasteiger partial charge in [0.15, 0.2) is 5.75 Å². The van der Waals surface area contributed by atoms with Crippen LogP contribution in [0.4, 0.5) is 13.2 Å². The number of pyridine rings is 1. The lowest BCUT2D eigenvalue weighted by atomic mass is 10.3. The molecule has 0 fully saturated rings. The second-order valence-electron chi connectivity index (χ2n) is 3.96. The van der Waals surface area contributed by atoms with Crippen LogP contribution in [-0.4, -0.2) is 34.8 Å². The summed E-state index contributed by atoms with van der Waals surface area (Å²) in [6.07, 6.45) is -3.36. The van der Waals surface area contributed by atoms with Crippen LogP contribution in [0.3, 0.4) is 0 Å². The molecule has 1 aromatic rings. The summed E-state index contributed by atoms with van der Waals surface area (Å²) in [6.45, 7) is -1.18. The van der Waals surface area contributed by atoms with Crippen LogP contribution in [0.15, 0.2) is 17.1 Å². The Hall–Kier alpha value is -1.50. The van der Waals surface area contributed by atoms with Gasteiger partial charge in [-0.25, -0.2) is 0 Å². The Morgan fingerprint density at radius 2 is 2.00 bits per heavy atom. The van der Waals surface area contributed by atoms with Crippen LogP contribution in [0, 0.1) is 0 Å². The van der Waals surface area contributed by atoms with Crippen molar-refractivity contribution in [3.63, 3.8) is 0 Å². The van der Waals surface area contributed by atoms with Gasteiger partial charge in [0.2, 0.25) is 5.43 Å². The molecule has 0 saturated heterocycles. The van der Waals surface area contributed by atoms with Gasteiger partial charge >= 0.3 is 6.18 Å². The van der Waals surface area contributed by atoms with Gasteiger partial charge in [0.1, 0.15) is 6.54 Å². The molecule has 0 amide bonds. The van der Waals surface area contributed by atoms with Gasteiger partial charge in [-0.2, -0.15) is 13.2 Å². The second kappa shape index (κ2) is 4.79. The summed E-state index contributed by atoms with van der Waals surface area (Å²) in [5.41, 5.74) is -0.722. The van der Waals surface area contributed by atoms with Gasteiger partial charge < -0.3 is 14.6 Å². The Kier molecular flexibility index (Phi) is 3.82. The number of nitrogens with zero attached hydrogens (tertiary/aromatic N) is 2. The monoisotopic (exact) mass is 250 g/mol. The molecule has 0 unspecified atom stereocenters. The molecule has 1 N–H and O–H groups in total. The van der Waals surface area contributed by atoms with Crippen molar-refractivity contribution < 1.29 is 18.3 Å². The quantitative estimate of drug-likeness (QED) is 0.876. The fourth-order valence-electron chi connectivity index (χ4n) is 1.41. The van der Waals surface area contributed by atoms with Gasteiger partial charge in [0, 0.05) is 18.8 Å². The summed E-state index contributed by atoms with van der Waals surface area (Å²) < 4.78 is 37.7. The molecule has 0 aromatic carbocycles. The molecule has 1 heterocycles. The topological polar surface area (TPSA) is 45.5 Å². The average molecular weight is 250 g/mol. The Balaban J connectivity index is 3.20. The molecule has 96 valence electrons. The third kappa shape index (κ3) is 3.77. The molecular weight excluding hydrogens is 237 g/mol. The Bertz CT molecular complexity index is 452. The zero-order valence-electron chi connectivity index (χ0n) is 9.45.